The molecule has 1 N–H and O–H groups in total. The summed E-state index contributed by atoms with van der Waals surface area (Å²) in [4.78, 5) is 22.3. The third kappa shape index (κ3) is 4.89. The fourth-order valence-corrected chi connectivity index (χ4v) is 4.55. The molecule has 0 saturated heterocycles. The lowest BCUT2D eigenvalue weighted by molar-refractivity contribution is -0.113. The van der Waals surface area contributed by atoms with Gasteiger partial charge in [0.1, 0.15) is 16.5 Å². The zero-order valence-corrected chi connectivity index (χ0v) is 19.5. The minimum absolute atomic E-state index is 0.121. The lowest BCUT2D eigenvalue weighted by Gasteiger charge is -2.21. The number of nitrogens with one attached hydrogen (secondary N) is 1. The van der Waals surface area contributed by atoms with Crippen molar-refractivity contribution >= 4 is 23.4 Å². The normalized spacial score (nSPS) is 11.7. The molecule has 1 amide bonds. The number of nitrogens with zero attached hydrogens (tertiary/aromatic N) is 2. The molecule has 3 aromatic carbocycles. The second-order valence-electron chi connectivity index (χ2n) is 7.69. The van der Waals surface area contributed by atoms with Gasteiger partial charge in [-0.1, -0.05) is 66.4 Å². The molecule has 6 nitrogen and oxygen atoms in total. The first-order chi connectivity index (χ1) is 16.7. The van der Waals surface area contributed by atoms with Crippen LogP contribution in [0.2, 0.25) is 0 Å². The molecule has 0 radical (unpaired) electrons. The standard InChI is InChI=1S/C27H23N3O3S/c1-2-32-21-13-8-12-20(16-21)28-24(31)17-34-27-22-15-19-11-6-7-14-23(19)33-26(22)29-25(30-27)18-9-4-3-5-10-18/h3-14,16H,2,15,17H2,1H3,(H,28,31). The molecule has 0 fully saturated rings. The van der Waals surface area contributed by atoms with E-state index < -0.39 is 0 Å². The fourth-order valence-electron chi connectivity index (χ4n) is 3.72. The van der Waals surface area contributed by atoms with Crippen LogP contribution in [-0.2, 0) is 11.2 Å². The number of ether oxygens (including phenoxy) is 2. The Labute approximate surface area is 202 Å². The molecular weight excluding hydrogens is 446 g/mol. The molecule has 0 atom stereocenters. The highest BCUT2D eigenvalue weighted by atomic mass is 32.2. The Kier molecular flexibility index (Phi) is 6.44. The van der Waals surface area contributed by atoms with Crippen molar-refractivity contribution in [2.24, 2.45) is 0 Å². The first-order valence-corrected chi connectivity index (χ1v) is 12.1. The van der Waals surface area contributed by atoms with Gasteiger partial charge >= 0.3 is 0 Å². The summed E-state index contributed by atoms with van der Waals surface area (Å²) in [6.45, 7) is 2.50. The smallest absolute Gasteiger partial charge is 0.234 e. The maximum absolute atomic E-state index is 12.7. The number of anilines is 1. The molecule has 2 heterocycles. The summed E-state index contributed by atoms with van der Waals surface area (Å²) in [6.07, 6.45) is 0.654. The van der Waals surface area contributed by atoms with Crippen LogP contribution >= 0.6 is 11.8 Å². The number of aromatic nitrogens is 2. The van der Waals surface area contributed by atoms with Gasteiger partial charge in [-0.2, -0.15) is 4.98 Å². The van der Waals surface area contributed by atoms with Gasteiger partial charge in [0.05, 0.1) is 17.9 Å². The van der Waals surface area contributed by atoms with E-state index in [1.165, 1.54) is 11.8 Å². The number of rotatable bonds is 7. The Bertz CT molecular complexity index is 1330. The Morgan fingerprint density at radius 1 is 1.03 bits per heavy atom. The Morgan fingerprint density at radius 2 is 1.85 bits per heavy atom. The number of carbonyl (C=O) groups is 1. The van der Waals surface area contributed by atoms with E-state index in [1.807, 2.05) is 85.8 Å². The Hall–Kier alpha value is -3.84. The van der Waals surface area contributed by atoms with Crippen molar-refractivity contribution in [2.45, 2.75) is 18.4 Å². The Balaban J connectivity index is 1.39. The average Bonchev–Trinajstić information content (AvgIpc) is 2.87. The molecule has 7 heteroatoms. The van der Waals surface area contributed by atoms with Crippen LogP contribution in [-0.4, -0.2) is 28.2 Å². The summed E-state index contributed by atoms with van der Waals surface area (Å²) >= 11 is 1.39. The summed E-state index contributed by atoms with van der Waals surface area (Å²) in [5, 5.41) is 3.69. The molecule has 4 aromatic rings. The summed E-state index contributed by atoms with van der Waals surface area (Å²) in [6, 6.07) is 25.1. The van der Waals surface area contributed by atoms with Gasteiger partial charge in [0.15, 0.2) is 5.82 Å². The molecule has 0 unspecified atom stereocenters. The summed E-state index contributed by atoms with van der Waals surface area (Å²) in [7, 11) is 0. The first kappa shape index (κ1) is 22.0. The predicted molar refractivity (Wildman–Crippen MR) is 134 cm³/mol. The van der Waals surface area contributed by atoms with Gasteiger partial charge in [-0.25, -0.2) is 4.98 Å². The molecule has 1 aliphatic rings. The van der Waals surface area contributed by atoms with Crippen molar-refractivity contribution < 1.29 is 14.3 Å². The molecule has 34 heavy (non-hydrogen) atoms. The van der Waals surface area contributed by atoms with Crippen LogP contribution in [0, 0.1) is 0 Å². The van der Waals surface area contributed by atoms with E-state index in [1.54, 1.807) is 0 Å². The largest absolute Gasteiger partial charge is 0.494 e. The van der Waals surface area contributed by atoms with Gasteiger partial charge in [-0.15, -0.1) is 0 Å². The van der Waals surface area contributed by atoms with Crippen molar-refractivity contribution in [1.29, 1.82) is 0 Å². The minimum atomic E-state index is -0.121. The van der Waals surface area contributed by atoms with Crippen LogP contribution in [0.3, 0.4) is 0 Å². The molecule has 0 aliphatic carbocycles. The van der Waals surface area contributed by atoms with Crippen LogP contribution in [0.4, 0.5) is 5.69 Å². The van der Waals surface area contributed by atoms with Crippen molar-refractivity contribution in [3.05, 3.63) is 90.0 Å². The lowest BCUT2D eigenvalue weighted by atomic mass is 10.0. The SMILES string of the molecule is CCOc1cccc(NC(=O)CSc2nc(-c3ccccc3)nc3c2Cc2ccccc2O3)c1. The van der Waals surface area contributed by atoms with E-state index in [2.05, 4.69) is 5.32 Å². The van der Waals surface area contributed by atoms with E-state index in [-0.39, 0.29) is 11.7 Å². The number of fused-ring (bicyclic) bond motifs is 2. The highest BCUT2D eigenvalue weighted by molar-refractivity contribution is 8.00. The number of amides is 1. The monoisotopic (exact) mass is 469 g/mol. The highest BCUT2D eigenvalue weighted by Gasteiger charge is 2.24. The first-order valence-electron chi connectivity index (χ1n) is 11.1. The number of benzene rings is 3. The summed E-state index contributed by atoms with van der Waals surface area (Å²) in [5.74, 6) is 2.73. The van der Waals surface area contributed by atoms with Gasteiger partial charge in [0.2, 0.25) is 11.8 Å². The van der Waals surface area contributed by atoms with E-state index in [0.29, 0.717) is 30.4 Å². The minimum Gasteiger partial charge on any atom is -0.494 e. The number of carbonyl (C=O) groups excluding carboxylic acids is 1. The Morgan fingerprint density at radius 3 is 2.71 bits per heavy atom. The van der Waals surface area contributed by atoms with Gasteiger partial charge in [0, 0.05) is 23.7 Å². The molecule has 170 valence electrons. The van der Waals surface area contributed by atoms with Crippen molar-refractivity contribution in [3.63, 3.8) is 0 Å². The van der Waals surface area contributed by atoms with Crippen LogP contribution in [0.25, 0.3) is 11.4 Å². The maximum atomic E-state index is 12.7. The summed E-state index contributed by atoms with van der Waals surface area (Å²) in [5.41, 5.74) is 3.56. The van der Waals surface area contributed by atoms with E-state index in [0.717, 1.165) is 33.2 Å². The third-order valence-corrected chi connectivity index (χ3v) is 6.30. The van der Waals surface area contributed by atoms with Crippen molar-refractivity contribution in [2.75, 3.05) is 17.7 Å². The van der Waals surface area contributed by atoms with Gasteiger partial charge in [0.25, 0.3) is 0 Å². The summed E-state index contributed by atoms with van der Waals surface area (Å²) < 4.78 is 11.7. The number of thioether (sulfide) groups is 1. The quantitative estimate of drug-likeness (QED) is 0.234. The molecular formula is C27H23N3O3S. The molecule has 0 spiro atoms. The van der Waals surface area contributed by atoms with Gasteiger partial charge < -0.3 is 14.8 Å². The zero-order chi connectivity index (χ0) is 23.3. The number of hydrogen-bond acceptors (Lipinski definition) is 6. The second-order valence-corrected chi connectivity index (χ2v) is 8.65. The van der Waals surface area contributed by atoms with Gasteiger partial charge in [-0.3, -0.25) is 4.79 Å². The number of para-hydroxylation sites is 1. The predicted octanol–water partition coefficient (Wildman–Crippen LogP) is 5.97. The van der Waals surface area contributed by atoms with Crippen molar-refractivity contribution in [3.8, 4) is 28.8 Å². The van der Waals surface area contributed by atoms with Crippen LogP contribution in [0.5, 0.6) is 17.4 Å². The number of hydrogen-bond donors (Lipinski definition) is 1. The second kappa shape index (κ2) is 9.97. The van der Waals surface area contributed by atoms with Crippen molar-refractivity contribution in [1.82, 2.24) is 9.97 Å². The van der Waals surface area contributed by atoms with Gasteiger partial charge in [-0.05, 0) is 30.7 Å². The van der Waals surface area contributed by atoms with Crippen LogP contribution < -0.4 is 14.8 Å². The van der Waals surface area contributed by atoms with E-state index in [9.17, 15) is 4.79 Å². The van der Waals surface area contributed by atoms with E-state index >= 15 is 0 Å². The topological polar surface area (TPSA) is 73.3 Å². The van der Waals surface area contributed by atoms with E-state index in [4.69, 9.17) is 19.4 Å². The van der Waals surface area contributed by atoms with Crippen LogP contribution in [0.15, 0.2) is 83.9 Å². The zero-order valence-electron chi connectivity index (χ0n) is 18.7. The third-order valence-electron chi connectivity index (χ3n) is 5.28. The molecule has 0 saturated carbocycles. The molecule has 1 aliphatic heterocycles. The average molecular weight is 470 g/mol. The molecule has 1 aromatic heterocycles. The highest BCUT2D eigenvalue weighted by Crippen LogP contribution is 2.40. The fraction of sp³-hybridized carbons (Fsp3) is 0.148. The van der Waals surface area contributed by atoms with Crippen LogP contribution in [0.1, 0.15) is 18.1 Å². The molecule has 0 bridgehead atoms. The maximum Gasteiger partial charge on any atom is 0.234 e. The molecule has 5 rings (SSSR count). The lowest BCUT2D eigenvalue weighted by Crippen LogP contribution is -2.15.